The zero-order valence-electron chi connectivity index (χ0n) is 10.5. The quantitative estimate of drug-likeness (QED) is 0.851. The smallest absolute Gasteiger partial charge is 0.0962 e. The molecule has 0 amide bonds. The Balaban J connectivity index is 2.15. The van der Waals surface area contributed by atoms with E-state index in [-0.39, 0.29) is 0 Å². The van der Waals surface area contributed by atoms with Crippen molar-refractivity contribution < 1.29 is 0 Å². The van der Waals surface area contributed by atoms with Gasteiger partial charge in [0.25, 0.3) is 0 Å². The van der Waals surface area contributed by atoms with Gasteiger partial charge in [0.2, 0.25) is 0 Å². The number of nitrogens with zero attached hydrogens (tertiary/aromatic N) is 1. The minimum atomic E-state index is 0.701. The molecule has 90 valence electrons. The fraction of sp³-hybridized carbons (Fsp3) is 0.769. The first-order valence-corrected chi connectivity index (χ1v) is 7.15. The van der Waals surface area contributed by atoms with Gasteiger partial charge >= 0.3 is 0 Å². The van der Waals surface area contributed by atoms with Crippen molar-refractivity contribution >= 4 is 11.3 Å². The molecule has 1 saturated carbocycles. The van der Waals surface area contributed by atoms with Gasteiger partial charge in [0.1, 0.15) is 0 Å². The van der Waals surface area contributed by atoms with Crippen LogP contribution in [0.3, 0.4) is 0 Å². The third-order valence-electron chi connectivity index (χ3n) is 3.19. The fourth-order valence-electron chi connectivity index (χ4n) is 2.08. The first-order valence-electron chi connectivity index (χ1n) is 6.33. The van der Waals surface area contributed by atoms with Gasteiger partial charge in [0, 0.05) is 17.3 Å². The molecule has 0 bridgehead atoms. The van der Waals surface area contributed by atoms with Crippen LogP contribution in [0.4, 0.5) is 0 Å². The van der Waals surface area contributed by atoms with Crippen molar-refractivity contribution in [3.05, 3.63) is 15.6 Å². The molecule has 2 rings (SSSR count). The second-order valence-corrected chi connectivity index (χ2v) is 6.29. The van der Waals surface area contributed by atoms with Crippen molar-refractivity contribution in [3.63, 3.8) is 0 Å². The van der Waals surface area contributed by atoms with E-state index < -0.39 is 0 Å². The summed E-state index contributed by atoms with van der Waals surface area (Å²) in [7, 11) is 2.02. The summed E-state index contributed by atoms with van der Waals surface area (Å²) in [6.45, 7) is 5.52. The van der Waals surface area contributed by atoms with E-state index in [0.29, 0.717) is 5.92 Å². The molecule has 3 heteroatoms. The standard InChI is InChI=1S/C13H22N2S/c1-9(2)7-11-12(8-14-3)16-13(15-11)10-5-4-6-10/h9-10,14H,4-8H2,1-3H3. The van der Waals surface area contributed by atoms with E-state index >= 15 is 0 Å². The summed E-state index contributed by atoms with van der Waals surface area (Å²) in [5.41, 5.74) is 1.34. The van der Waals surface area contributed by atoms with Gasteiger partial charge in [-0.3, -0.25) is 0 Å². The fourth-order valence-corrected chi connectivity index (χ4v) is 3.35. The molecule has 1 aliphatic rings. The third-order valence-corrected chi connectivity index (χ3v) is 4.45. The van der Waals surface area contributed by atoms with Crippen LogP contribution in [0.25, 0.3) is 0 Å². The Bertz CT molecular complexity index is 340. The Hall–Kier alpha value is -0.410. The summed E-state index contributed by atoms with van der Waals surface area (Å²) in [5.74, 6) is 1.48. The summed E-state index contributed by atoms with van der Waals surface area (Å²) in [5, 5.41) is 4.65. The van der Waals surface area contributed by atoms with Gasteiger partial charge in [-0.25, -0.2) is 4.98 Å². The SMILES string of the molecule is CNCc1sc(C2CCC2)nc1CC(C)C. The average Bonchev–Trinajstić information content (AvgIpc) is 2.45. The zero-order valence-corrected chi connectivity index (χ0v) is 11.4. The highest BCUT2D eigenvalue weighted by Gasteiger charge is 2.24. The van der Waals surface area contributed by atoms with E-state index in [4.69, 9.17) is 4.98 Å². The van der Waals surface area contributed by atoms with Crippen molar-refractivity contribution in [2.75, 3.05) is 7.05 Å². The molecule has 0 aromatic carbocycles. The van der Waals surface area contributed by atoms with Crippen molar-refractivity contribution in [2.24, 2.45) is 5.92 Å². The summed E-state index contributed by atoms with van der Waals surface area (Å²) in [6.07, 6.45) is 5.23. The largest absolute Gasteiger partial charge is 0.315 e. The summed E-state index contributed by atoms with van der Waals surface area (Å²) in [4.78, 5) is 6.33. The predicted molar refractivity (Wildman–Crippen MR) is 70.0 cm³/mol. The molecule has 1 heterocycles. The third kappa shape index (κ3) is 2.64. The van der Waals surface area contributed by atoms with Crippen molar-refractivity contribution in [1.29, 1.82) is 0 Å². The van der Waals surface area contributed by atoms with Crippen LogP contribution in [0.15, 0.2) is 0 Å². The van der Waals surface area contributed by atoms with E-state index in [2.05, 4.69) is 19.2 Å². The second-order valence-electron chi connectivity index (χ2n) is 5.18. The van der Waals surface area contributed by atoms with Gasteiger partial charge in [-0.15, -0.1) is 11.3 Å². The van der Waals surface area contributed by atoms with Crippen LogP contribution in [0, 0.1) is 5.92 Å². The molecule has 2 nitrogen and oxygen atoms in total. The normalized spacial score (nSPS) is 16.8. The molecule has 0 unspecified atom stereocenters. The van der Waals surface area contributed by atoms with Crippen LogP contribution in [0.5, 0.6) is 0 Å². The number of nitrogens with one attached hydrogen (secondary N) is 1. The first-order chi connectivity index (χ1) is 7.70. The van der Waals surface area contributed by atoms with Crippen LogP contribution in [-0.4, -0.2) is 12.0 Å². The zero-order chi connectivity index (χ0) is 11.5. The molecule has 1 fully saturated rings. The maximum Gasteiger partial charge on any atom is 0.0962 e. The Morgan fingerprint density at radius 2 is 2.19 bits per heavy atom. The maximum absolute atomic E-state index is 4.87. The van der Waals surface area contributed by atoms with Crippen molar-refractivity contribution in [3.8, 4) is 0 Å². The van der Waals surface area contributed by atoms with E-state index in [0.717, 1.165) is 18.9 Å². The Kier molecular flexibility index (Phi) is 3.98. The highest BCUT2D eigenvalue weighted by atomic mass is 32.1. The Morgan fingerprint density at radius 1 is 1.44 bits per heavy atom. The van der Waals surface area contributed by atoms with Crippen LogP contribution in [-0.2, 0) is 13.0 Å². The molecule has 0 atom stereocenters. The van der Waals surface area contributed by atoms with E-state index in [1.807, 2.05) is 18.4 Å². The van der Waals surface area contributed by atoms with Crippen LogP contribution in [0.1, 0.15) is 54.6 Å². The minimum Gasteiger partial charge on any atom is -0.315 e. The number of rotatable bonds is 5. The molecular weight excluding hydrogens is 216 g/mol. The number of aromatic nitrogens is 1. The summed E-state index contributed by atoms with van der Waals surface area (Å²) < 4.78 is 0. The maximum atomic E-state index is 4.87. The topological polar surface area (TPSA) is 24.9 Å². The van der Waals surface area contributed by atoms with Gasteiger partial charge in [-0.1, -0.05) is 20.3 Å². The molecule has 0 radical (unpaired) electrons. The monoisotopic (exact) mass is 238 g/mol. The van der Waals surface area contributed by atoms with Gasteiger partial charge in [0.15, 0.2) is 0 Å². The molecule has 1 aromatic rings. The number of hydrogen-bond donors (Lipinski definition) is 1. The van der Waals surface area contributed by atoms with E-state index in [1.165, 1.54) is 34.8 Å². The lowest BCUT2D eigenvalue weighted by Crippen LogP contribution is -2.08. The molecule has 0 spiro atoms. The van der Waals surface area contributed by atoms with Gasteiger partial charge in [-0.05, 0) is 32.2 Å². The molecular formula is C13H22N2S. The lowest BCUT2D eigenvalue weighted by Gasteiger charge is -2.22. The van der Waals surface area contributed by atoms with Crippen molar-refractivity contribution in [1.82, 2.24) is 10.3 Å². The Morgan fingerprint density at radius 3 is 2.69 bits per heavy atom. The van der Waals surface area contributed by atoms with Crippen molar-refractivity contribution in [2.45, 2.75) is 52.0 Å². The lowest BCUT2D eigenvalue weighted by molar-refractivity contribution is 0.417. The molecule has 1 N–H and O–H groups in total. The molecule has 0 saturated heterocycles. The lowest BCUT2D eigenvalue weighted by atomic mass is 9.86. The highest BCUT2D eigenvalue weighted by Crippen LogP contribution is 2.39. The van der Waals surface area contributed by atoms with E-state index in [9.17, 15) is 0 Å². The van der Waals surface area contributed by atoms with Crippen LogP contribution < -0.4 is 5.32 Å². The summed E-state index contributed by atoms with van der Waals surface area (Å²) >= 11 is 1.94. The van der Waals surface area contributed by atoms with E-state index in [1.54, 1.807) is 0 Å². The van der Waals surface area contributed by atoms with Crippen LogP contribution in [0.2, 0.25) is 0 Å². The summed E-state index contributed by atoms with van der Waals surface area (Å²) in [6, 6.07) is 0. The minimum absolute atomic E-state index is 0.701. The van der Waals surface area contributed by atoms with Gasteiger partial charge in [-0.2, -0.15) is 0 Å². The molecule has 1 aromatic heterocycles. The highest BCUT2D eigenvalue weighted by molar-refractivity contribution is 7.11. The number of hydrogen-bond acceptors (Lipinski definition) is 3. The average molecular weight is 238 g/mol. The first kappa shape index (κ1) is 12.1. The molecule has 0 aliphatic heterocycles. The van der Waals surface area contributed by atoms with Gasteiger partial charge < -0.3 is 5.32 Å². The molecule has 1 aliphatic carbocycles. The predicted octanol–water partition coefficient (Wildman–Crippen LogP) is 3.33. The second kappa shape index (κ2) is 5.28. The van der Waals surface area contributed by atoms with Crippen LogP contribution >= 0.6 is 11.3 Å². The number of thiazole rings is 1. The Labute approximate surface area is 102 Å². The molecule has 16 heavy (non-hydrogen) atoms. The van der Waals surface area contributed by atoms with Gasteiger partial charge in [0.05, 0.1) is 10.7 Å².